The lowest BCUT2D eigenvalue weighted by atomic mass is 9.59. The molecule has 5 aromatic rings. The van der Waals surface area contributed by atoms with Crippen LogP contribution in [-0.2, 0) is 0 Å². The third-order valence-electron chi connectivity index (χ3n) is 7.04. The van der Waals surface area contributed by atoms with E-state index in [0.717, 1.165) is 0 Å². The highest BCUT2D eigenvalue weighted by molar-refractivity contribution is 5.82. The molecule has 3 aliphatic carbocycles. The lowest BCUT2D eigenvalue weighted by molar-refractivity contribution is 0.757. The molecule has 2 unspecified atom stereocenters. The summed E-state index contributed by atoms with van der Waals surface area (Å²) in [5.74, 6) is 0.434. The summed E-state index contributed by atoms with van der Waals surface area (Å²) in [5.41, 5.74) is 13.5. The Hall–Kier alpha value is -4.04. The monoisotopic (exact) mass is 408 g/mol. The second-order valence-electron chi connectivity index (χ2n) is 8.60. The molecule has 2 atom stereocenters. The van der Waals surface area contributed by atoms with Crippen LogP contribution >= 0.6 is 0 Å². The summed E-state index contributed by atoms with van der Waals surface area (Å²) in [6, 6.07) is 30.9. The maximum absolute atomic E-state index is 4.41. The van der Waals surface area contributed by atoms with Crippen LogP contribution in [0.25, 0.3) is 22.3 Å². The summed E-state index contributed by atoms with van der Waals surface area (Å²) in [6.45, 7) is 0. The minimum absolute atomic E-state index is 0.217. The Kier molecular flexibility index (Phi) is 3.71. The van der Waals surface area contributed by atoms with Crippen LogP contribution in [0.1, 0.15) is 45.2 Å². The topological polar surface area (TPSA) is 25.8 Å². The van der Waals surface area contributed by atoms with Gasteiger partial charge in [0.15, 0.2) is 0 Å². The molecule has 2 aromatic heterocycles. The van der Waals surface area contributed by atoms with E-state index < -0.39 is 0 Å². The van der Waals surface area contributed by atoms with Crippen LogP contribution < -0.4 is 0 Å². The second-order valence-corrected chi connectivity index (χ2v) is 8.60. The van der Waals surface area contributed by atoms with E-state index in [0.29, 0.717) is 0 Å². The van der Waals surface area contributed by atoms with Crippen molar-refractivity contribution >= 4 is 0 Å². The quantitative estimate of drug-likeness (QED) is 0.314. The largest absolute Gasteiger partial charge is 0.264 e. The molecule has 2 heteroatoms. The van der Waals surface area contributed by atoms with Crippen LogP contribution in [0.5, 0.6) is 0 Å². The molecular formula is C30H20N2. The van der Waals surface area contributed by atoms with Gasteiger partial charge >= 0.3 is 0 Å². The van der Waals surface area contributed by atoms with Crippen LogP contribution in [0.4, 0.5) is 0 Å². The fraction of sp³-hybridized carbons (Fsp3) is 0.0667. The first-order chi connectivity index (χ1) is 15.9. The Morgan fingerprint density at radius 1 is 0.438 bits per heavy atom. The Morgan fingerprint density at radius 3 is 1.34 bits per heavy atom. The molecule has 0 spiro atoms. The van der Waals surface area contributed by atoms with Crippen LogP contribution in [0, 0.1) is 0 Å². The molecule has 150 valence electrons. The summed E-state index contributed by atoms with van der Waals surface area (Å²) in [4.78, 5) is 8.82. The molecule has 0 aliphatic heterocycles. The minimum Gasteiger partial charge on any atom is -0.264 e. The van der Waals surface area contributed by atoms with Crippen molar-refractivity contribution in [2.45, 2.75) is 11.8 Å². The third-order valence-corrected chi connectivity index (χ3v) is 7.04. The zero-order chi connectivity index (χ0) is 21.1. The SMILES string of the molecule is c1cncc(-c2cccc3c2C2c4ccccc4C3c3c(-c4cccnc4)cccc32)c1. The average Bonchev–Trinajstić information content (AvgIpc) is 2.88. The van der Waals surface area contributed by atoms with Crippen molar-refractivity contribution in [3.05, 3.63) is 143 Å². The van der Waals surface area contributed by atoms with Crippen LogP contribution in [0.15, 0.2) is 110 Å². The highest BCUT2D eigenvalue weighted by Crippen LogP contribution is 2.59. The first-order valence-electron chi connectivity index (χ1n) is 11.1. The number of hydrogen-bond donors (Lipinski definition) is 0. The van der Waals surface area contributed by atoms with Crippen LogP contribution in [0.3, 0.4) is 0 Å². The predicted molar refractivity (Wildman–Crippen MR) is 128 cm³/mol. The Morgan fingerprint density at radius 2 is 0.906 bits per heavy atom. The number of benzene rings is 3. The van der Waals surface area contributed by atoms with E-state index in [4.69, 9.17) is 0 Å². The molecule has 0 radical (unpaired) electrons. The molecule has 3 aromatic carbocycles. The molecule has 0 saturated heterocycles. The van der Waals surface area contributed by atoms with Crippen molar-refractivity contribution < 1.29 is 0 Å². The summed E-state index contributed by atoms with van der Waals surface area (Å²) >= 11 is 0. The summed E-state index contributed by atoms with van der Waals surface area (Å²) in [7, 11) is 0. The molecule has 0 N–H and O–H groups in total. The van der Waals surface area contributed by atoms with E-state index in [1.54, 1.807) is 0 Å². The third kappa shape index (κ3) is 2.35. The fourth-order valence-electron chi connectivity index (χ4n) is 5.86. The van der Waals surface area contributed by atoms with Gasteiger partial charge in [0.25, 0.3) is 0 Å². The van der Waals surface area contributed by atoms with E-state index in [1.165, 1.54) is 55.6 Å². The first-order valence-corrected chi connectivity index (χ1v) is 11.1. The number of pyridine rings is 2. The van der Waals surface area contributed by atoms with E-state index in [1.807, 2.05) is 36.9 Å². The minimum atomic E-state index is 0.217. The Bertz CT molecular complexity index is 1360. The van der Waals surface area contributed by atoms with E-state index in [2.05, 4.69) is 82.8 Å². The van der Waals surface area contributed by atoms with Gasteiger partial charge < -0.3 is 0 Å². The van der Waals surface area contributed by atoms with Gasteiger partial charge in [0.05, 0.1) is 0 Å². The van der Waals surface area contributed by atoms with Gasteiger partial charge in [-0.1, -0.05) is 72.8 Å². The fourth-order valence-corrected chi connectivity index (χ4v) is 5.86. The van der Waals surface area contributed by atoms with Crippen LogP contribution in [0.2, 0.25) is 0 Å². The first kappa shape index (κ1) is 17.6. The molecule has 8 rings (SSSR count). The van der Waals surface area contributed by atoms with Crippen molar-refractivity contribution in [1.29, 1.82) is 0 Å². The molecule has 0 saturated carbocycles. The predicted octanol–water partition coefficient (Wildman–Crippen LogP) is 6.80. The van der Waals surface area contributed by atoms with Crippen molar-refractivity contribution in [3.8, 4) is 22.3 Å². The standard InChI is InChI=1S/C30H20N2/c1-2-10-24-23(9-1)29-25-13-3-12-22(20-8-6-16-32-18-20)28(25)30(24)26-14-4-11-21(27(26)29)19-7-5-15-31-17-19/h1-18,29-30H. The highest BCUT2D eigenvalue weighted by atomic mass is 14.6. The lowest BCUT2D eigenvalue weighted by Gasteiger charge is -2.44. The van der Waals surface area contributed by atoms with Gasteiger partial charge in [-0.05, 0) is 56.6 Å². The molecule has 3 aliphatic rings. The molecule has 0 amide bonds. The number of hydrogen-bond acceptors (Lipinski definition) is 2. The normalized spacial score (nSPS) is 17.4. The van der Waals surface area contributed by atoms with Crippen LogP contribution in [-0.4, -0.2) is 9.97 Å². The van der Waals surface area contributed by atoms with Crippen molar-refractivity contribution in [2.75, 3.05) is 0 Å². The molecule has 32 heavy (non-hydrogen) atoms. The second kappa shape index (κ2) is 6.73. The van der Waals surface area contributed by atoms with Crippen molar-refractivity contribution in [1.82, 2.24) is 9.97 Å². The zero-order valence-electron chi connectivity index (χ0n) is 17.4. The van der Waals surface area contributed by atoms with Gasteiger partial charge in [0.1, 0.15) is 0 Å². The summed E-state index contributed by atoms with van der Waals surface area (Å²) in [5, 5.41) is 0. The van der Waals surface area contributed by atoms with E-state index in [-0.39, 0.29) is 11.8 Å². The van der Waals surface area contributed by atoms with Gasteiger partial charge in [-0.15, -0.1) is 0 Å². The molecular weight excluding hydrogens is 388 g/mol. The zero-order valence-corrected chi connectivity index (χ0v) is 17.4. The number of rotatable bonds is 2. The van der Waals surface area contributed by atoms with Crippen molar-refractivity contribution in [2.24, 2.45) is 0 Å². The maximum atomic E-state index is 4.41. The van der Waals surface area contributed by atoms with E-state index in [9.17, 15) is 0 Å². The molecule has 0 fully saturated rings. The smallest absolute Gasteiger partial charge is 0.0355 e. The number of nitrogens with zero attached hydrogens (tertiary/aromatic N) is 2. The Labute approximate surface area is 187 Å². The summed E-state index contributed by atoms with van der Waals surface area (Å²) in [6.07, 6.45) is 7.65. The molecule has 2 nitrogen and oxygen atoms in total. The molecule has 2 bridgehead atoms. The summed E-state index contributed by atoms with van der Waals surface area (Å²) < 4.78 is 0. The van der Waals surface area contributed by atoms with E-state index >= 15 is 0 Å². The van der Waals surface area contributed by atoms with Gasteiger partial charge in [0.2, 0.25) is 0 Å². The lowest BCUT2D eigenvalue weighted by Crippen LogP contribution is -2.28. The Balaban J connectivity index is 1.57. The van der Waals surface area contributed by atoms with Gasteiger partial charge in [-0.3, -0.25) is 9.97 Å². The maximum Gasteiger partial charge on any atom is 0.0355 e. The van der Waals surface area contributed by atoms with Gasteiger partial charge in [-0.2, -0.15) is 0 Å². The number of aromatic nitrogens is 2. The van der Waals surface area contributed by atoms with Gasteiger partial charge in [0, 0.05) is 47.8 Å². The molecule has 2 heterocycles. The highest BCUT2D eigenvalue weighted by Gasteiger charge is 2.43. The van der Waals surface area contributed by atoms with Gasteiger partial charge in [-0.25, -0.2) is 0 Å². The average molecular weight is 409 g/mol. The van der Waals surface area contributed by atoms with Crippen molar-refractivity contribution in [3.63, 3.8) is 0 Å².